The molecule has 3 fully saturated rings. The number of hydrogen-bond donors (Lipinski definition) is 0. The maximum absolute atomic E-state index is 6.34. The zero-order chi connectivity index (χ0) is 23.9. The molecule has 3 heterocycles. The Morgan fingerprint density at radius 3 is 1.89 bits per heavy atom. The zero-order valence-electron chi connectivity index (χ0n) is 20.3. The Balaban J connectivity index is 1.31. The first-order chi connectivity index (χ1) is 17.8. The van der Waals surface area contributed by atoms with Crippen molar-refractivity contribution in [3.8, 4) is 11.5 Å². The summed E-state index contributed by atoms with van der Waals surface area (Å²) >= 11 is 0. The normalized spacial score (nSPS) is 22.1. The van der Waals surface area contributed by atoms with Crippen molar-refractivity contribution in [3.05, 3.63) is 83.4 Å². The van der Waals surface area contributed by atoms with Crippen molar-refractivity contribution < 1.29 is 23.7 Å². The van der Waals surface area contributed by atoms with Gasteiger partial charge in [-0.05, 0) is 52.1 Å². The molecular formula is C31H30O5. The van der Waals surface area contributed by atoms with Crippen molar-refractivity contribution in [2.75, 3.05) is 33.0 Å². The van der Waals surface area contributed by atoms with Crippen LogP contribution < -0.4 is 9.47 Å². The molecule has 3 atom stereocenters. The van der Waals surface area contributed by atoms with Crippen LogP contribution in [0.4, 0.5) is 0 Å². The lowest BCUT2D eigenvalue weighted by atomic mass is 9.92. The minimum absolute atomic E-state index is 0.202. The summed E-state index contributed by atoms with van der Waals surface area (Å²) in [5.41, 5.74) is 3.72. The maximum Gasteiger partial charge on any atom is 0.123 e. The Labute approximate surface area is 210 Å². The highest BCUT2D eigenvalue weighted by atomic mass is 16.6. The van der Waals surface area contributed by atoms with Gasteiger partial charge in [0.05, 0.1) is 25.9 Å². The van der Waals surface area contributed by atoms with Crippen LogP contribution in [-0.4, -0.2) is 51.3 Å². The Kier molecular flexibility index (Phi) is 5.77. The number of epoxide rings is 3. The van der Waals surface area contributed by atoms with Crippen molar-refractivity contribution in [3.63, 3.8) is 0 Å². The van der Waals surface area contributed by atoms with Gasteiger partial charge in [0.2, 0.25) is 0 Å². The Morgan fingerprint density at radius 1 is 0.639 bits per heavy atom. The van der Waals surface area contributed by atoms with Crippen molar-refractivity contribution in [2.24, 2.45) is 0 Å². The van der Waals surface area contributed by atoms with E-state index in [0.717, 1.165) is 50.6 Å². The third kappa shape index (κ3) is 4.92. The third-order valence-corrected chi connectivity index (χ3v) is 7.32. The van der Waals surface area contributed by atoms with E-state index in [0.29, 0.717) is 19.3 Å². The van der Waals surface area contributed by atoms with Crippen molar-refractivity contribution in [2.45, 2.75) is 37.6 Å². The van der Waals surface area contributed by atoms with Gasteiger partial charge in [0.1, 0.15) is 36.9 Å². The van der Waals surface area contributed by atoms with E-state index in [1.54, 1.807) is 0 Å². The van der Waals surface area contributed by atoms with Crippen molar-refractivity contribution in [1.82, 2.24) is 0 Å². The lowest BCUT2D eigenvalue weighted by Crippen LogP contribution is -2.09. The van der Waals surface area contributed by atoms with Gasteiger partial charge in [0, 0.05) is 17.5 Å². The second-order valence-electron chi connectivity index (χ2n) is 10.1. The van der Waals surface area contributed by atoms with Crippen LogP contribution >= 0.6 is 0 Å². The molecule has 0 aliphatic carbocycles. The van der Waals surface area contributed by atoms with Crippen molar-refractivity contribution >= 4 is 21.5 Å². The summed E-state index contributed by atoms with van der Waals surface area (Å²) < 4.78 is 28.9. The van der Waals surface area contributed by atoms with Crippen LogP contribution in [0.2, 0.25) is 0 Å². The molecule has 0 amide bonds. The molecule has 0 N–H and O–H groups in total. The number of fused-ring (bicyclic) bond motifs is 2. The molecule has 0 spiro atoms. The first kappa shape index (κ1) is 22.1. The Bertz CT molecular complexity index is 1400. The van der Waals surface area contributed by atoms with Gasteiger partial charge in [0.25, 0.3) is 0 Å². The van der Waals surface area contributed by atoms with Crippen LogP contribution in [0.15, 0.2) is 66.7 Å². The predicted molar refractivity (Wildman–Crippen MR) is 139 cm³/mol. The first-order valence-electron chi connectivity index (χ1n) is 13.0. The highest BCUT2D eigenvalue weighted by molar-refractivity contribution is 5.92. The van der Waals surface area contributed by atoms with E-state index >= 15 is 0 Å². The van der Waals surface area contributed by atoms with Crippen LogP contribution in [0.3, 0.4) is 0 Å². The fraction of sp³-hybridized carbons (Fsp3) is 0.355. The number of benzene rings is 4. The van der Waals surface area contributed by atoms with Crippen LogP contribution in [-0.2, 0) is 27.1 Å². The molecule has 7 rings (SSSR count). The summed E-state index contributed by atoms with van der Waals surface area (Å²) in [5, 5.41) is 4.88. The van der Waals surface area contributed by atoms with Crippen molar-refractivity contribution in [1.29, 1.82) is 0 Å². The van der Waals surface area contributed by atoms with E-state index in [1.165, 1.54) is 38.2 Å². The van der Waals surface area contributed by atoms with Gasteiger partial charge in [-0.2, -0.15) is 0 Å². The molecule has 0 aromatic heterocycles. The van der Waals surface area contributed by atoms with E-state index in [1.807, 2.05) is 0 Å². The molecule has 3 aliphatic rings. The molecule has 5 nitrogen and oxygen atoms in total. The van der Waals surface area contributed by atoms with Crippen LogP contribution in [0, 0.1) is 0 Å². The standard InChI is InChI=1S/C31H30O5/c1-2-4-26-21(3-1)8-11-30(35-18-24-16-33-24)28(26)14-29-27-13-20(6-10-23-15-32-23)5-7-22(27)9-12-31(29)36-19-25-17-34-25/h1-5,7-9,11-13,23-25H,6,10,14-19H2. The third-order valence-electron chi connectivity index (χ3n) is 7.32. The number of ether oxygens (including phenoxy) is 5. The molecule has 5 heteroatoms. The van der Waals surface area contributed by atoms with Gasteiger partial charge in [-0.15, -0.1) is 0 Å². The van der Waals surface area contributed by atoms with Crippen LogP contribution in [0.25, 0.3) is 21.5 Å². The molecule has 3 aliphatic heterocycles. The maximum atomic E-state index is 6.34. The van der Waals surface area contributed by atoms with Gasteiger partial charge in [0.15, 0.2) is 0 Å². The summed E-state index contributed by atoms with van der Waals surface area (Å²) in [6.07, 6.45) is 3.64. The number of aryl methyl sites for hydroxylation is 1. The SMILES string of the molecule is c1ccc2c(Cc3c(OCC4CO4)ccc4ccc(CCC5CO5)cc34)c(OCC3CO3)ccc2c1. The van der Waals surface area contributed by atoms with E-state index in [9.17, 15) is 0 Å². The van der Waals surface area contributed by atoms with E-state index in [-0.39, 0.29) is 12.2 Å². The fourth-order valence-corrected chi connectivity index (χ4v) is 4.95. The molecule has 4 aromatic carbocycles. The molecule has 0 saturated carbocycles. The minimum Gasteiger partial charge on any atom is -0.490 e. The van der Waals surface area contributed by atoms with Crippen LogP contribution in [0.5, 0.6) is 11.5 Å². The summed E-state index contributed by atoms with van der Waals surface area (Å²) in [5.74, 6) is 1.84. The molecular weight excluding hydrogens is 452 g/mol. The largest absolute Gasteiger partial charge is 0.490 e. The summed E-state index contributed by atoms with van der Waals surface area (Å²) in [6, 6.07) is 23.9. The fourth-order valence-electron chi connectivity index (χ4n) is 4.95. The first-order valence-corrected chi connectivity index (χ1v) is 13.0. The summed E-state index contributed by atoms with van der Waals surface area (Å²) in [4.78, 5) is 0. The average Bonchev–Trinajstić information content (AvgIpc) is 3.76. The Morgan fingerprint density at radius 2 is 1.22 bits per heavy atom. The number of hydrogen-bond acceptors (Lipinski definition) is 5. The highest BCUT2D eigenvalue weighted by Crippen LogP contribution is 2.37. The monoisotopic (exact) mass is 482 g/mol. The summed E-state index contributed by atoms with van der Waals surface area (Å²) in [6.45, 7) is 3.62. The van der Waals surface area contributed by atoms with E-state index in [4.69, 9.17) is 23.7 Å². The molecule has 0 bridgehead atoms. The topological polar surface area (TPSA) is 56.0 Å². The smallest absolute Gasteiger partial charge is 0.123 e. The molecule has 184 valence electrons. The highest BCUT2D eigenvalue weighted by Gasteiger charge is 2.26. The lowest BCUT2D eigenvalue weighted by molar-refractivity contribution is 0.259. The second kappa shape index (κ2) is 9.40. The van der Waals surface area contributed by atoms with Crippen LogP contribution in [0.1, 0.15) is 23.1 Å². The quantitative estimate of drug-likeness (QED) is 0.265. The van der Waals surface area contributed by atoms with E-state index < -0.39 is 0 Å². The van der Waals surface area contributed by atoms with Gasteiger partial charge in [-0.1, -0.05) is 54.6 Å². The molecule has 4 aromatic rings. The molecule has 3 saturated heterocycles. The van der Waals surface area contributed by atoms with Gasteiger partial charge >= 0.3 is 0 Å². The lowest BCUT2D eigenvalue weighted by Gasteiger charge is -2.18. The molecule has 36 heavy (non-hydrogen) atoms. The molecule has 3 unspecified atom stereocenters. The number of rotatable bonds is 11. The zero-order valence-corrected chi connectivity index (χ0v) is 20.3. The van der Waals surface area contributed by atoms with Gasteiger partial charge in [-0.3, -0.25) is 0 Å². The summed E-state index contributed by atoms with van der Waals surface area (Å²) in [7, 11) is 0. The van der Waals surface area contributed by atoms with E-state index in [2.05, 4.69) is 66.7 Å². The second-order valence-corrected chi connectivity index (χ2v) is 10.1. The predicted octanol–water partition coefficient (Wildman–Crippen LogP) is 5.47. The average molecular weight is 483 g/mol. The minimum atomic E-state index is 0.202. The van der Waals surface area contributed by atoms with Gasteiger partial charge < -0.3 is 23.7 Å². The molecule has 0 radical (unpaired) electrons. The van der Waals surface area contributed by atoms with Gasteiger partial charge in [-0.25, -0.2) is 0 Å². The Hall–Kier alpha value is -3.12.